The molecule has 0 radical (unpaired) electrons. The highest BCUT2D eigenvalue weighted by atomic mass is 32.2. The van der Waals surface area contributed by atoms with E-state index in [0.717, 1.165) is 16.3 Å². The van der Waals surface area contributed by atoms with Crippen molar-refractivity contribution in [3.8, 4) is 5.75 Å². The number of esters is 1. The number of aryl methyl sites for hydroxylation is 1. The molecule has 0 N–H and O–H groups in total. The number of hydrogen-bond donors (Lipinski definition) is 0. The monoisotopic (exact) mass is 387 g/mol. The number of rotatable bonds is 8. The summed E-state index contributed by atoms with van der Waals surface area (Å²) < 4.78 is 28.6. The Hall–Kier alpha value is -2.80. The second kappa shape index (κ2) is 9.23. The minimum atomic E-state index is -0.419. The maximum absolute atomic E-state index is 12.8. The lowest BCUT2D eigenvalue weighted by molar-refractivity contribution is 0.0446. The summed E-state index contributed by atoms with van der Waals surface area (Å²) in [5, 5.41) is 3.95. The molecule has 0 saturated carbocycles. The summed E-state index contributed by atoms with van der Waals surface area (Å²) in [4.78, 5) is 13.2. The van der Waals surface area contributed by atoms with E-state index in [9.17, 15) is 9.18 Å². The summed E-state index contributed by atoms with van der Waals surface area (Å²) in [6, 6.07) is 14.8. The van der Waals surface area contributed by atoms with Gasteiger partial charge in [-0.05, 0) is 43.3 Å². The molecule has 0 unspecified atom stereocenters. The van der Waals surface area contributed by atoms with Gasteiger partial charge in [0.05, 0.1) is 11.3 Å². The number of carbonyl (C=O) groups is 1. The van der Waals surface area contributed by atoms with Gasteiger partial charge in [-0.15, -0.1) is 11.8 Å². The van der Waals surface area contributed by atoms with Gasteiger partial charge >= 0.3 is 5.97 Å². The molecule has 7 heteroatoms. The van der Waals surface area contributed by atoms with E-state index >= 15 is 0 Å². The molecule has 0 spiro atoms. The number of halogens is 1. The Bertz CT molecular complexity index is 895. The molecule has 140 valence electrons. The predicted molar refractivity (Wildman–Crippen MR) is 99.4 cm³/mol. The van der Waals surface area contributed by atoms with E-state index < -0.39 is 5.97 Å². The van der Waals surface area contributed by atoms with Gasteiger partial charge in [-0.1, -0.05) is 17.3 Å². The van der Waals surface area contributed by atoms with E-state index in [1.165, 1.54) is 36.0 Å². The van der Waals surface area contributed by atoms with Crippen molar-refractivity contribution in [2.24, 2.45) is 0 Å². The molecule has 1 aromatic heterocycles. The van der Waals surface area contributed by atoms with Crippen molar-refractivity contribution < 1.29 is 23.2 Å². The summed E-state index contributed by atoms with van der Waals surface area (Å²) >= 11 is 1.49. The van der Waals surface area contributed by atoms with Gasteiger partial charge in [0, 0.05) is 16.7 Å². The Morgan fingerprint density at radius 2 is 1.93 bits per heavy atom. The van der Waals surface area contributed by atoms with Gasteiger partial charge in [0.25, 0.3) is 0 Å². The fourth-order valence-corrected chi connectivity index (χ4v) is 3.22. The lowest BCUT2D eigenvalue weighted by Crippen LogP contribution is -2.13. The van der Waals surface area contributed by atoms with Gasteiger partial charge in [-0.25, -0.2) is 9.18 Å². The quantitative estimate of drug-likeness (QED) is 0.319. The molecule has 0 bridgehead atoms. The van der Waals surface area contributed by atoms with Crippen molar-refractivity contribution in [1.29, 1.82) is 0 Å². The molecule has 0 saturated heterocycles. The maximum atomic E-state index is 12.8. The Labute approximate surface area is 160 Å². The summed E-state index contributed by atoms with van der Waals surface area (Å²) in [7, 11) is 0. The largest absolute Gasteiger partial charge is 0.490 e. The van der Waals surface area contributed by atoms with E-state index in [2.05, 4.69) is 5.16 Å². The average molecular weight is 387 g/mol. The molecule has 27 heavy (non-hydrogen) atoms. The number of benzene rings is 2. The first-order valence-corrected chi connectivity index (χ1v) is 9.30. The van der Waals surface area contributed by atoms with Crippen molar-refractivity contribution in [2.75, 3.05) is 13.2 Å². The zero-order valence-electron chi connectivity index (χ0n) is 14.7. The predicted octanol–water partition coefficient (Wildman–Crippen LogP) is 4.65. The van der Waals surface area contributed by atoms with Crippen molar-refractivity contribution in [3.63, 3.8) is 0 Å². The van der Waals surface area contributed by atoms with E-state index in [0.29, 0.717) is 17.1 Å². The number of thioether (sulfide) groups is 1. The third kappa shape index (κ3) is 5.59. The number of hydrogen-bond acceptors (Lipinski definition) is 6. The minimum absolute atomic E-state index is 0.0949. The molecule has 0 fully saturated rings. The Balaban J connectivity index is 1.51. The van der Waals surface area contributed by atoms with E-state index in [4.69, 9.17) is 14.0 Å². The molecule has 3 rings (SSSR count). The first kappa shape index (κ1) is 19.0. The highest BCUT2D eigenvalue weighted by Crippen LogP contribution is 2.26. The van der Waals surface area contributed by atoms with Gasteiger partial charge in [-0.3, -0.25) is 0 Å². The van der Waals surface area contributed by atoms with Crippen LogP contribution >= 0.6 is 11.8 Å². The van der Waals surface area contributed by atoms with Crippen LogP contribution in [0.2, 0.25) is 0 Å². The van der Waals surface area contributed by atoms with Crippen LogP contribution in [0.4, 0.5) is 4.39 Å². The number of carbonyl (C=O) groups excluding carboxylic acids is 1. The van der Waals surface area contributed by atoms with Crippen LogP contribution in [0.25, 0.3) is 0 Å². The smallest absolute Gasteiger partial charge is 0.339 e. The minimum Gasteiger partial charge on any atom is -0.490 e. The van der Waals surface area contributed by atoms with Crippen molar-refractivity contribution >= 4 is 17.7 Å². The maximum Gasteiger partial charge on any atom is 0.339 e. The van der Waals surface area contributed by atoms with Crippen LogP contribution < -0.4 is 4.74 Å². The van der Waals surface area contributed by atoms with Crippen LogP contribution in [0.15, 0.2) is 64.0 Å². The van der Waals surface area contributed by atoms with Gasteiger partial charge in [-0.2, -0.15) is 0 Å². The SMILES string of the molecule is Cc1cc(CSc2ccccc2C(=O)OCCOc2ccc(F)cc2)no1. The third-order valence-corrected chi connectivity index (χ3v) is 4.67. The van der Waals surface area contributed by atoms with Gasteiger partial charge in [0.15, 0.2) is 0 Å². The average Bonchev–Trinajstić information content (AvgIpc) is 3.10. The first-order valence-electron chi connectivity index (χ1n) is 8.31. The Morgan fingerprint density at radius 3 is 2.67 bits per heavy atom. The Kier molecular flexibility index (Phi) is 6.49. The van der Waals surface area contributed by atoms with Crippen LogP contribution in [0.1, 0.15) is 21.8 Å². The highest BCUT2D eigenvalue weighted by Gasteiger charge is 2.13. The molecule has 0 aliphatic carbocycles. The summed E-state index contributed by atoms with van der Waals surface area (Å²) in [6.07, 6.45) is 0. The fraction of sp³-hybridized carbons (Fsp3) is 0.200. The molecular formula is C20H18FNO4S. The van der Waals surface area contributed by atoms with Gasteiger partial charge in [0.2, 0.25) is 0 Å². The second-order valence-corrected chi connectivity index (χ2v) is 6.67. The zero-order valence-corrected chi connectivity index (χ0v) is 15.5. The topological polar surface area (TPSA) is 61.6 Å². The van der Waals surface area contributed by atoms with E-state index in [1.807, 2.05) is 25.1 Å². The molecule has 0 aliphatic rings. The van der Waals surface area contributed by atoms with Gasteiger partial charge < -0.3 is 14.0 Å². The standard InChI is InChI=1S/C20H18FNO4S/c1-14-12-16(22-26-14)13-27-19-5-3-2-4-18(19)20(23)25-11-10-24-17-8-6-15(21)7-9-17/h2-9,12H,10-11,13H2,1H3. The van der Waals surface area contributed by atoms with Crippen molar-refractivity contribution in [2.45, 2.75) is 17.6 Å². The fourth-order valence-electron chi connectivity index (χ4n) is 2.30. The molecule has 2 aromatic carbocycles. The molecular weight excluding hydrogens is 369 g/mol. The van der Waals surface area contributed by atoms with Crippen molar-refractivity contribution in [1.82, 2.24) is 5.16 Å². The van der Waals surface area contributed by atoms with Crippen LogP contribution in [-0.2, 0) is 10.5 Å². The molecule has 3 aromatic rings. The third-order valence-electron chi connectivity index (χ3n) is 3.56. The van der Waals surface area contributed by atoms with Crippen molar-refractivity contribution in [3.05, 3.63) is 77.4 Å². The van der Waals surface area contributed by atoms with E-state index in [1.54, 1.807) is 12.1 Å². The molecule has 1 heterocycles. The lowest BCUT2D eigenvalue weighted by atomic mass is 10.2. The van der Waals surface area contributed by atoms with Crippen LogP contribution in [0, 0.1) is 12.7 Å². The van der Waals surface area contributed by atoms with Crippen LogP contribution in [0.3, 0.4) is 0 Å². The van der Waals surface area contributed by atoms with Gasteiger partial charge in [0.1, 0.15) is 30.5 Å². The first-order chi connectivity index (χ1) is 13.1. The van der Waals surface area contributed by atoms with Crippen LogP contribution in [-0.4, -0.2) is 24.3 Å². The second-order valence-electron chi connectivity index (χ2n) is 5.65. The highest BCUT2D eigenvalue weighted by molar-refractivity contribution is 7.98. The normalized spacial score (nSPS) is 10.6. The Morgan fingerprint density at radius 1 is 1.15 bits per heavy atom. The molecule has 0 atom stereocenters. The molecule has 5 nitrogen and oxygen atoms in total. The summed E-state index contributed by atoms with van der Waals surface area (Å²) in [5.41, 5.74) is 1.30. The lowest BCUT2D eigenvalue weighted by Gasteiger charge is -2.10. The number of nitrogens with zero attached hydrogens (tertiary/aromatic N) is 1. The summed E-state index contributed by atoms with van der Waals surface area (Å²) in [5.74, 6) is 1.11. The molecule has 0 amide bonds. The number of aromatic nitrogens is 1. The zero-order chi connectivity index (χ0) is 19.1. The number of ether oxygens (including phenoxy) is 2. The summed E-state index contributed by atoms with van der Waals surface area (Å²) in [6.45, 7) is 2.11. The van der Waals surface area contributed by atoms with Crippen LogP contribution in [0.5, 0.6) is 5.75 Å². The van der Waals surface area contributed by atoms with E-state index in [-0.39, 0.29) is 19.0 Å². The molecule has 0 aliphatic heterocycles.